The molecule has 0 saturated carbocycles. The molecule has 0 bridgehead atoms. The monoisotopic (exact) mass is 514 g/mol. The van der Waals surface area contributed by atoms with Gasteiger partial charge >= 0.3 is 0 Å². The summed E-state index contributed by atoms with van der Waals surface area (Å²) in [6.45, 7) is 0. The first-order chi connectivity index (χ1) is 9.52. The summed E-state index contributed by atoms with van der Waals surface area (Å²) in [7, 11) is 1.61. The van der Waals surface area contributed by atoms with Gasteiger partial charge in [-0.05, 0) is 93.2 Å². The second-order valence-corrected chi connectivity index (χ2v) is 6.29. The van der Waals surface area contributed by atoms with Crippen LogP contribution >= 0.6 is 56.8 Å². The summed E-state index contributed by atoms with van der Waals surface area (Å²) < 4.78 is 12.5. The normalized spacial score (nSPS) is 10.2. The van der Waals surface area contributed by atoms with Crippen molar-refractivity contribution in [3.05, 3.63) is 49.1 Å². The average Bonchev–Trinajstić information content (AvgIpc) is 2.44. The summed E-state index contributed by atoms with van der Waals surface area (Å²) in [5.74, 6) is 2.15. The molecule has 0 aliphatic carbocycles. The van der Waals surface area contributed by atoms with Crippen molar-refractivity contribution in [3.63, 3.8) is 0 Å². The van der Waals surface area contributed by atoms with Crippen molar-refractivity contribution < 1.29 is 14.3 Å². The Kier molecular flexibility index (Phi) is 5.50. The molecule has 0 saturated heterocycles. The lowest BCUT2D eigenvalue weighted by molar-refractivity contribution is 0.108. The van der Waals surface area contributed by atoms with Crippen LogP contribution in [0.5, 0.6) is 17.2 Å². The van der Waals surface area contributed by atoms with E-state index in [4.69, 9.17) is 21.1 Å². The lowest BCUT2D eigenvalue weighted by Gasteiger charge is -2.11. The summed E-state index contributed by atoms with van der Waals surface area (Å²) >= 11 is 9.75. The molecule has 0 amide bonds. The molecule has 0 heterocycles. The molecule has 0 radical (unpaired) electrons. The van der Waals surface area contributed by atoms with E-state index in [1.54, 1.807) is 19.2 Å². The number of ether oxygens (including phenoxy) is 2. The number of hydrogen-bond donors (Lipinski definition) is 0. The molecule has 0 aliphatic heterocycles. The molecule has 104 valence electrons. The molecule has 2 rings (SSSR count). The second-order valence-electron chi connectivity index (χ2n) is 3.79. The first-order valence-electron chi connectivity index (χ1n) is 5.52. The second kappa shape index (κ2) is 6.95. The fraction of sp³-hybridized carbons (Fsp3) is 0.0714. The number of methoxy groups -OCH3 is 1. The number of carbonyl (C=O) groups is 1. The Bertz CT molecular complexity index is 642. The summed E-state index contributed by atoms with van der Waals surface area (Å²) in [6.07, 6.45) is 0. The first-order valence-corrected chi connectivity index (χ1v) is 8.06. The lowest BCUT2D eigenvalue weighted by atomic mass is 10.2. The predicted octanol–water partition coefficient (Wildman–Crippen LogP) is 5.08. The molecule has 0 fully saturated rings. The number of halogens is 3. The molecule has 0 aliphatic rings. The van der Waals surface area contributed by atoms with Crippen molar-refractivity contribution in [1.82, 2.24) is 0 Å². The highest BCUT2D eigenvalue weighted by Gasteiger charge is 2.14. The Labute approximate surface area is 148 Å². The van der Waals surface area contributed by atoms with Gasteiger partial charge in [0.15, 0.2) is 0 Å². The van der Waals surface area contributed by atoms with Crippen LogP contribution in [-0.2, 0) is 0 Å². The highest BCUT2D eigenvalue weighted by Crippen LogP contribution is 2.33. The molecule has 20 heavy (non-hydrogen) atoms. The van der Waals surface area contributed by atoms with E-state index in [1.807, 2.05) is 24.3 Å². The van der Waals surface area contributed by atoms with Gasteiger partial charge in [0.2, 0.25) is 0 Å². The van der Waals surface area contributed by atoms with Crippen molar-refractivity contribution in [3.8, 4) is 17.2 Å². The number of carbonyl (C=O) groups excluding carboxylic acids is 1. The van der Waals surface area contributed by atoms with Crippen LogP contribution in [0.15, 0.2) is 36.4 Å². The maximum atomic E-state index is 11.3. The summed E-state index contributed by atoms with van der Waals surface area (Å²) in [6, 6.07) is 10.7. The summed E-state index contributed by atoms with van der Waals surface area (Å²) in [5, 5.41) is -0.469. The Morgan fingerprint density at radius 1 is 1.00 bits per heavy atom. The molecule has 0 unspecified atom stereocenters. The third-order valence-corrected chi connectivity index (χ3v) is 5.97. The first kappa shape index (κ1) is 15.8. The zero-order chi connectivity index (χ0) is 14.7. The molecule has 0 spiro atoms. The SMILES string of the molecule is COc1ccc(Oc2ccc(C(=O)Cl)c(I)c2I)cc1. The Hall–Kier alpha value is -0.540. The third kappa shape index (κ3) is 3.56. The topological polar surface area (TPSA) is 35.5 Å². The van der Waals surface area contributed by atoms with E-state index in [2.05, 4.69) is 45.2 Å². The molecule has 6 heteroatoms. The molecule has 0 N–H and O–H groups in total. The van der Waals surface area contributed by atoms with Crippen molar-refractivity contribution >= 4 is 62.0 Å². The quantitative estimate of drug-likeness (QED) is 0.422. The zero-order valence-electron chi connectivity index (χ0n) is 10.3. The molecule has 3 nitrogen and oxygen atoms in total. The van der Waals surface area contributed by atoms with Gasteiger partial charge in [-0.15, -0.1) is 0 Å². The van der Waals surface area contributed by atoms with Gasteiger partial charge in [-0.2, -0.15) is 0 Å². The van der Waals surface area contributed by atoms with E-state index >= 15 is 0 Å². The van der Waals surface area contributed by atoms with Crippen LogP contribution in [0.25, 0.3) is 0 Å². The van der Waals surface area contributed by atoms with Crippen molar-refractivity contribution in [1.29, 1.82) is 0 Å². The van der Waals surface area contributed by atoms with Crippen LogP contribution in [-0.4, -0.2) is 12.4 Å². The lowest BCUT2D eigenvalue weighted by Crippen LogP contribution is -1.98. The van der Waals surface area contributed by atoms with Crippen LogP contribution in [0.2, 0.25) is 0 Å². The zero-order valence-corrected chi connectivity index (χ0v) is 15.4. The Morgan fingerprint density at radius 2 is 1.60 bits per heavy atom. The number of hydrogen-bond acceptors (Lipinski definition) is 3. The van der Waals surface area contributed by atoms with E-state index in [1.165, 1.54) is 0 Å². The fourth-order valence-corrected chi connectivity index (χ4v) is 3.12. The number of benzene rings is 2. The molecular weight excluding hydrogens is 505 g/mol. The van der Waals surface area contributed by atoms with Gasteiger partial charge < -0.3 is 9.47 Å². The van der Waals surface area contributed by atoms with E-state index in [0.717, 1.165) is 12.9 Å². The van der Waals surface area contributed by atoms with Gasteiger partial charge in [-0.1, -0.05) is 0 Å². The minimum absolute atomic E-state index is 0.469. The smallest absolute Gasteiger partial charge is 0.253 e. The van der Waals surface area contributed by atoms with Gasteiger partial charge in [-0.3, -0.25) is 4.79 Å². The van der Waals surface area contributed by atoms with E-state index < -0.39 is 5.24 Å². The molecular formula is C14H9ClI2O3. The van der Waals surface area contributed by atoms with Crippen LogP contribution in [0.1, 0.15) is 10.4 Å². The minimum atomic E-state index is -0.469. The van der Waals surface area contributed by atoms with E-state index in [0.29, 0.717) is 17.1 Å². The van der Waals surface area contributed by atoms with Gasteiger partial charge in [0.1, 0.15) is 17.2 Å². The maximum absolute atomic E-state index is 11.3. The van der Waals surface area contributed by atoms with Gasteiger partial charge in [0.25, 0.3) is 5.24 Å². The molecule has 2 aromatic carbocycles. The standard InChI is InChI=1S/C14H9ClI2O3/c1-19-8-2-4-9(5-3-8)20-11-7-6-10(14(15)18)12(16)13(11)17/h2-7H,1H3. The van der Waals surface area contributed by atoms with Crippen LogP contribution < -0.4 is 9.47 Å². The predicted molar refractivity (Wildman–Crippen MR) is 95.1 cm³/mol. The van der Waals surface area contributed by atoms with Crippen LogP contribution in [0.4, 0.5) is 0 Å². The average molecular weight is 514 g/mol. The molecule has 0 atom stereocenters. The van der Waals surface area contributed by atoms with Gasteiger partial charge in [-0.25, -0.2) is 0 Å². The van der Waals surface area contributed by atoms with E-state index in [9.17, 15) is 4.79 Å². The highest BCUT2D eigenvalue weighted by atomic mass is 127. The summed E-state index contributed by atoms with van der Waals surface area (Å²) in [5.41, 5.74) is 0.485. The van der Waals surface area contributed by atoms with Crippen molar-refractivity contribution in [2.24, 2.45) is 0 Å². The van der Waals surface area contributed by atoms with Gasteiger partial charge in [0.05, 0.1) is 10.7 Å². The Morgan fingerprint density at radius 3 is 2.15 bits per heavy atom. The fourth-order valence-electron chi connectivity index (χ4n) is 1.53. The third-order valence-electron chi connectivity index (χ3n) is 2.55. The Balaban J connectivity index is 2.29. The molecule has 0 aromatic heterocycles. The van der Waals surface area contributed by atoms with E-state index in [-0.39, 0.29) is 0 Å². The van der Waals surface area contributed by atoms with Gasteiger partial charge in [0, 0.05) is 9.13 Å². The van der Waals surface area contributed by atoms with Crippen LogP contribution in [0.3, 0.4) is 0 Å². The van der Waals surface area contributed by atoms with Crippen molar-refractivity contribution in [2.45, 2.75) is 0 Å². The number of rotatable bonds is 4. The minimum Gasteiger partial charge on any atom is -0.497 e. The molecule has 2 aromatic rings. The highest BCUT2D eigenvalue weighted by molar-refractivity contribution is 14.1. The summed E-state index contributed by atoms with van der Waals surface area (Å²) in [4.78, 5) is 11.3. The van der Waals surface area contributed by atoms with Crippen molar-refractivity contribution in [2.75, 3.05) is 7.11 Å². The maximum Gasteiger partial charge on any atom is 0.253 e. The largest absolute Gasteiger partial charge is 0.497 e. The van der Waals surface area contributed by atoms with Crippen LogP contribution in [0, 0.1) is 7.14 Å².